The number of alkyl carbamates (subject to hydrolysis) is 1. The predicted molar refractivity (Wildman–Crippen MR) is 144 cm³/mol. The number of thiophene rings is 1. The van der Waals surface area contributed by atoms with Crippen LogP contribution in [0.5, 0.6) is 11.6 Å². The molecule has 3 N–H and O–H groups in total. The molecule has 1 amide bonds. The lowest BCUT2D eigenvalue weighted by Gasteiger charge is -2.10. The van der Waals surface area contributed by atoms with Gasteiger partial charge >= 0.3 is 6.09 Å². The number of carbonyl (C=O) groups is 1. The topological polar surface area (TPSA) is 110 Å². The minimum absolute atomic E-state index is 0.0534. The minimum Gasteiger partial charge on any atom is -0.445 e. The first-order chi connectivity index (χ1) is 18.1. The second-order valence-electron chi connectivity index (χ2n) is 8.12. The largest absolute Gasteiger partial charge is 0.445 e. The fourth-order valence-corrected chi connectivity index (χ4v) is 4.81. The van der Waals surface area contributed by atoms with Gasteiger partial charge in [0.15, 0.2) is 0 Å². The number of ether oxygens (including phenoxy) is 2. The molecule has 1 fully saturated rings. The third kappa shape index (κ3) is 6.27. The molecule has 0 aliphatic carbocycles. The summed E-state index contributed by atoms with van der Waals surface area (Å²) in [5, 5.41) is 10.5. The molecule has 0 unspecified atom stereocenters. The smallest absolute Gasteiger partial charge is 0.407 e. The SMILES string of the molecule is CCNC(=O)O[C@@H]1CN[C@@H](C#Cc2cc3c(Nc4ccc(Oc5ccccn5)c(Cl)c4)ncnc3s2)C1. The summed E-state index contributed by atoms with van der Waals surface area (Å²) in [5.74, 6) is 8.07. The Balaban J connectivity index is 1.27. The summed E-state index contributed by atoms with van der Waals surface area (Å²) in [5.41, 5.74) is 0.755. The number of nitrogens with zero attached hydrogens (tertiary/aromatic N) is 3. The molecule has 4 heterocycles. The summed E-state index contributed by atoms with van der Waals surface area (Å²) in [6.45, 7) is 2.97. The average Bonchev–Trinajstić information content (AvgIpc) is 3.52. The molecule has 0 radical (unpaired) electrons. The van der Waals surface area contributed by atoms with Gasteiger partial charge in [0.25, 0.3) is 0 Å². The third-order valence-corrected chi connectivity index (χ3v) is 6.69. The van der Waals surface area contributed by atoms with E-state index in [0.29, 0.717) is 42.0 Å². The quantitative estimate of drug-likeness (QED) is 0.293. The molecular formula is C26H23ClN6O3S. The number of amides is 1. The van der Waals surface area contributed by atoms with Gasteiger partial charge < -0.3 is 20.1 Å². The maximum atomic E-state index is 11.6. The lowest BCUT2D eigenvalue weighted by molar-refractivity contribution is 0.107. The lowest BCUT2D eigenvalue weighted by atomic mass is 10.2. The van der Waals surface area contributed by atoms with Crippen molar-refractivity contribution in [1.82, 2.24) is 25.6 Å². The van der Waals surface area contributed by atoms with E-state index in [4.69, 9.17) is 21.1 Å². The summed E-state index contributed by atoms with van der Waals surface area (Å²) in [4.78, 5) is 26.3. The van der Waals surface area contributed by atoms with Crippen molar-refractivity contribution in [3.63, 3.8) is 0 Å². The van der Waals surface area contributed by atoms with E-state index in [0.717, 1.165) is 20.8 Å². The number of rotatable bonds is 6. The van der Waals surface area contributed by atoms with Crippen molar-refractivity contribution in [2.24, 2.45) is 0 Å². The highest BCUT2D eigenvalue weighted by Gasteiger charge is 2.25. The van der Waals surface area contributed by atoms with Crippen molar-refractivity contribution < 1.29 is 14.3 Å². The van der Waals surface area contributed by atoms with E-state index in [1.54, 1.807) is 24.4 Å². The molecule has 2 atom stereocenters. The van der Waals surface area contributed by atoms with Gasteiger partial charge in [-0.15, -0.1) is 11.3 Å². The van der Waals surface area contributed by atoms with Crippen LogP contribution in [0.1, 0.15) is 18.2 Å². The molecule has 1 aliphatic rings. The first-order valence-electron chi connectivity index (χ1n) is 11.7. The summed E-state index contributed by atoms with van der Waals surface area (Å²) in [7, 11) is 0. The minimum atomic E-state index is -0.400. The maximum absolute atomic E-state index is 11.6. The standard InChI is InChI=1S/C26H23ClN6O3S/c1-2-28-26(34)35-18-11-16(30-14-18)6-8-19-13-20-24(31-15-32-25(20)37-19)33-17-7-9-22(21(27)12-17)36-23-5-3-4-10-29-23/h3-5,7,9-10,12-13,15-16,18,30H,2,11,14H2,1H3,(H,28,34)(H,31,32,33)/t16-,18-/m0/s1. The highest BCUT2D eigenvalue weighted by Crippen LogP contribution is 2.34. The van der Waals surface area contributed by atoms with Crippen LogP contribution in [0.3, 0.4) is 0 Å². The Bertz CT molecular complexity index is 1470. The molecule has 0 spiro atoms. The Kier molecular flexibility index (Phi) is 7.65. The van der Waals surface area contributed by atoms with Crippen molar-refractivity contribution >= 4 is 50.8 Å². The van der Waals surface area contributed by atoms with Gasteiger partial charge in [0, 0.05) is 37.5 Å². The summed E-state index contributed by atoms with van der Waals surface area (Å²) in [6.07, 6.45) is 3.22. The molecule has 1 aromatic carbocycles. The van der Waals surface area contributed by atoms with Crippen LogP contribution in [0.25, 0.3) is 10.2 Å². The molecule has 9 nitrogen and oxygen atoms in total. The van der Waals surface area contributed by atoms with Gasteiger partial charge in [0.1, 0.15) is 28.8 Å². The zero-order chi connectivity index (χ0) is 25.6. The Morgan fingerprint density at radius 2 is 2.16 bits per heavy atom. The highest BCUT2D eigenvalue weighted by atomic mass is 35.5. The Hall–Kier alpha value is -3.91. The monoisotopic (exact) mass is 534 g/mol. The molecule has 11 heteroatoms. The van der Waals surface area contributed by atoms with Crippen molar-refractivity contribution in [2.75, 3.05) is 18.4 Å². The number of aromatic nitrogens is 3. The summed E-state index contributed by atoms with van der Waals surface area (Å²) >= 11 is 7.94. The molecule has 0 bridgehead atoms. The number of carbonyl (C=O) groups excluding carboxylic acids is 1. The Morgan fingerprint density at radius 1 is 1.24 bits per heavy atom. The number of nitrogens with one attached hydrogen (secondary N) is 3. The number of anilines is 2. The molecule has 37 heavy (non-hydrogen) atoms. The van der Waals surface area contributed by atoms with Crippen LogP contribution in [0.15, 0.2) is 55.0 Å². The van der Waals surface area contributed by atoms with Gasteiger partial charge in [-0.25, -0.2) is 19.7 Å². The van der Waals surface area contributed by atoms with Crippen LogP contribution in [-0.2, 0) is 4.74 Å². The second-order valence-corrected chi connectivity index (χ2v) is 9.55. The molecule has 1 saturated heterocycles. The van der Waals surface area contributed by atoms with E-state index >= 15 is 0 Å². The normalized spacial score (nSPS) is 16.6. The van der Waals surface area contributed by atoms with Crippen LogP contribution in [0.4, 0.5) is 16.3 Å². The second kappa shape index (κ2) is 11.4. The van der Waals surface area contributed by atoms with Crippen LogP contribution in [0.2, 0.25) is 5.02 Å². The van der Waals surface area contributed by atoms with Gasteiger partial charge in [-0.1, -0.05) is 29.5 Å². The van der Waals surface area contributed by atoms with Crippen LogP contribution >= 0.6 is 22.9 Å². The number of fused-ring (bicyclic) bond motifs is 1. The Labute approximate surface area is 222 Å². The van der Waals surface area contributed by atoms with Crippen molar-refractivity contribution in [2.45, 2.75) is 25.5 Å². The van der Waals surface area contributed by atoms with Gasteiger partial charge in [-0.05, 0) is 37.3 Å². The fraction of sp³-hybridized carbons (Fsp3) is 0.231. The van der Waals surface area contributed by atoms with Gasteiger partial charge in [0.05, 0.1) is 21.3 Å². The molecular weight excluding hydrogens is 512 g/mol. The number of hydrogen-bond donors (Lipinski definition) is 3. The zero-order valence-corrected chi connectivity index (χ0v) is 21.4. The van der Waals surface area contributed by atoms with Gasteiger partial charge in [-0.2, -0.15) is 0 Å². The highest BCUT2D eigenvalue weighted by molar-refractivity contribution is 7.19. The predicted octanol–water partition coefficient (Wildman–Crippen LogP) is 5.10. The fourth-order valence-electron chi connectivity index (χ4n) is 3.73. The Morgan fingerprint density at radius 3 is 2.97 bits per heavy atom. The van der Waals surface area contributed by atoms with E-state index in [9.17, 15) is 4.79 Å². The molecule has 188 valence electrons. The average molecular weight is 535 g/mol. The lowest BCUT2D eigenvalue weighted by Crippen LogP contribution is -2.29. The van der Waals surface area contributed by atoms with Crippen LogP contribution in [-0.4, -0.2) is 46.3 Å². The number of hydrogen-bond acceptors (Lipinski definition) is 9. The van der Waals surface area contributed by atoms with E-state index in [1.807, 2.05) is 31.2 Å². The van der Waals surface area contributed by atoms with Gasteiger partial charge in [0.2, 0.25) is 5.88 Å². The van der Waals surface area contributed by atoms with Crippen molar-refractivity contribution in [3.8, 4) is 23.5 Å². The number of pyridine rings is 1. The third-order valence-electron chi connectivity index (χ3n) is 5.43. The molecule has 0 saturated carbocycles. The molecule has 4 aromatic rings. The maximum Gasteiger partial charge on any atom is 0.407 e. The van der Waals surface area contributed by atoms with Crippen LogP contribution in [0, 0.1) is 11.8 Å². The van der Waals surface area contributed by atoms with Crippen LogP contribution < -0.4 is 20.7 Å². The molecule has 1 aliphatic heterocycles. The van der Waals surface area contributed by atoms with Gasteiger partial charge in [-0.3, -0.25) is 5.32 Å². The summed E-state index contributed by atoms with van der Waals surface area (Å²) < 4.78 is 11.1. The van der Waals surface area contributed by atoms with E-state index in [-0.39, 0.29) is 12.1 Å². The van der Waals surface area contributed by atoms with Crippen molar-refractivity contribution in [3.05, 3.63) is 64.9 Å². The number of halogens is 1. The molecule has 5 rings (SSSR count). The van der Waals surface area contributed by atoms with Crippen molar-refractivity contribution in [1.29, 1.82) is 0 Å². The summed E-state index contributed by atoms with van der Waals surface area (Å²) in [6, 6.07) is 12.7. The van der Waals surface area contributed by atoms with E-state index in [2.05, 4.69) is 42.7 Å². The number of benzene rings is 1. The molecule has 3 aromatic heterocycles. The van der Waals surface area contributed by atoms with E-state index < -0.39 is 6.09 Å². The first-order valence-corrected chi connectivity index (χ1v) is 12.9. The van der Waals surface area contributed by atoms with E-state index in [1.165, 1.54) is 17.7 Å². The first kappa shape index (κ1) is 24.8. The zero-order valence-electron chi connectivity index (χ0n) is 19.8.